The van der Waals surface area contributed by atoms with Crippen LogP contribution < -0.4 is 10.5 Å². The molecule has 3 heteroatoms. The number of benzene rings is 1. The van der Waals surface area contributed by atoms with E-state index in [0.717, 1.165) is 28.5 Å². The fourth-order valence-corrected chi connectivity index (χ4v) is 4.75. The Hall–Kier alpha value is -0.540. The average molecular weight is 308 g/mol. The molecule has 2 bridgehead atoms. The van der Waals surface area contributed by atoms with Gasteiger partial charge in [-0.2, -0.15) is 0 Å². The summed E-state index contributed by atoms with van der Waals surface area (Å²) in [7, 11) is 0. The second-order valence-corrected chi connectivity index (χ2v) is 7.16. The predicted octanol–water partition coefficient (Wildman–Crippen LogP) is 3.79. The summed E-state index contributed by atoms with van der Waals surface area (Å²) in [6.07, 6.45) is 6.31. The summed E-state index contributed by atoms with van der Waals surface area (Å²) >= 11 is 3.53. The highest BCUT2D eigenvalue weighted by molar-refractivity contribution is 9.10. The molecule has 1 aromatic carbocycles. The molecule has 2 fully saturated rings. The largest absolute Gasteiger partial charge is 0.487 e. The molecule has 4 unspecified atom stereocenters. The van der Waals surface area contributed by atoms with Gasteiger partial charge in [-0.3, -0.25) is 0 Å². The topological polar surface area (TPSA) is 35.2 Å². The fraction of sp³-hybridized carbons (Fsp3) is 0.600. The van der Waals surface area contributed by atoms with Crippen LogP contribution in [0.4, 0.5) is 0 Å². The van der Waals surface area contributed by atoms with Crippen molar-refractivity contribution >= 4 is 15.9 Å². The summed E-state index contributed by atoms with van der Waals surface area (Å²) in [5.41, 5.74) is 7.61. The van der Waals surface area contributed by atoms with Crippen LogP contribution in [0.3, 0.4) is 0 Å². The maximum Gasteiger partial charge on any atom is 0.126 e. The highest BCUT2D eigenvalue weighted by Crippen LogP contribution is 2.57. The van der Waals surface area contributed by atoms with Crippen molar-refractivity contribution in [2.75, 3.05) is 0 Å². The molecule has 1 aromatic rings. The molecule has 2 N–H and O–H groups in total. The number of hydrogen-bond acceptors (Lipinski definition) is 2. The highest BCUT2D eigenvalue weighted by atomic mass is 79.9. The van der Waals surface area contributed by atoms with Crippen molar-refractivity contribution in [1.82, 2.24) is 0 Å². The van der Waals surface area contributed by atoms with Crippen LogP contribution in [0.2, 0.25) is 0 Å². The molecule has 3 aliphatic rings. The second kappa shape index (κ2) is 3.73. The first-order valence-electron chi connectivity index (χ1n) is 6.90. The highest BCUT2D eigenvalue weighted by Gasteiger charge is 2.55. The molecule has 18 heavy (non-hydrogen) atoms. The van der Waals surface area contributed by atoms with Gasteiger partial charge in [0.2, 0.25) is 0 Å². The molecule has 4 atom stereocenters. The lowest BCUT2D eigenvalue weighted by molar-refractivity contribution is -0.0141. The van der Waals surface area contributed by atoms with E-state index in [0.29, 0.717) is 0 Å². The minimum absolute atomic E-state index is 0.0517. The molecule has 2 saturated carbocycles. The van der Waals surface area contributed by atoms with Gasteiger partial charge in [0.15, 0.2) is 0 Å². The molecule has 1 heterocycles. The zero-order chi connectivity index (χ0) is 12.3. The zero-order valence-electron chi connectivity index (χ0n) is 10.4. The molecule has 0 aromatic heterocycles. The maximum atomic E-state index is 6.46. The Morgan fingerprint density at radius 3 is 2.89 bits per heavy atom. The van der Waals surface area contributed by atoms with Gasteiger partial charge in [0.1, 0.15) is 11.4 Å². The lowest BCUT2D eigenvalue weighted by Gasteiger charge is -2.44. The van der Waals surface area contributed by atoms with E-state index in [4.69, 9.17) is 10.5 Å². The maximum absolute atomic E-state index is 6.46. The molecular weight excluding hydrogens is 290 g/mol. The summed E-state index contributed by atoms with van der Waals surface area (Å²) in [5.74, 6) is 2.63. The Bertz CT molecular complexity index is 503. The van der Waals surface area contributed by atoms with Crippen molar-refractivity contribution in [3.05, 3.63) is 28.2 Å². The number of hydrogen-bond donors (Lipinski definition) is 1. The van der Waals surface area contributed by atoms with Crippen LogP contribution in [-0.2, 0) is 0 Å². The lowest BCUT2D eigenvalue weighted by atomic mass is 9.76. The summed E-state index contributed by atoms with van der Waals surface area (Å²) in [6.45, 7) is 0. The first-order valence-corrected chi connectivity index (χ1v) is 7.70. The third-order valence-corrected chi connectivity index (χ3v) is 5.67. The Kier molecular flexibility index (Phi) is 2.34. The molecule has 96 valence electrons. The van der Waals surface area contributed by atoms with E-state index in [1.165, 1.54) is 31.2 Å². The Morgan fingerprint density at radius 2 is 2.17 bits per heavy atom. The molecule has 4 rings (SSSR count). The normalized spacial score (nSPS) is 40.9. The molecule has 1 spiro atoms. The first-order chi connectivity index (χ1) is 8.66. The third kappa shape index (κ3) is 1.50. The number of rotatable bonds is 0. The van der Waals surface area contributed by atoms with E-state index >= 15 is 0 Å². The van der Waals surface area contributed by atoms with Crippen LogP contribution in [0.5, 0.6) is 5.75 Å². The van der Waals surface area contributed by atoms with Crippen molar-refractivity contribution in [3.8, 4) is 5.75 Å². The molecule has 0 saturated heterocycles. The summed E-state index contributed by atoms with van der Waals surface area (Å²) < 4.78 is 7.53. The standard InChI is InChI=1S/C15H18BrNO/c16-11-3-4-12-13(17)8-15(18-14(12)6-11)7-9-1-2-10(15)5-9/h3-4,6,9-10,13H,1-2,5,7-8,17H2. The van der Waals surface area contributed by atoms with Gasteiger partial charge in [-0.05, 0) is 49.7 Å². The molecule has 0 radical (unpaired) electrons. The second-order valence-electron chi connectivity index (χ2n) is 6.24. The summed E-state index contributed by atoms with van der Waals surface area (Å²) in [5, 5.41) is 0. The third-order valence-electron chi connectivity index (χ3n) is 5.17. The molecular formula is C15H18BrNO. The average Bonchev–Trinajstić information content (AvgIpc) is 2.88. The van der Waals surface area contributed by atoms with Crippen LogP contribution in [0, 0.1) is 11.8 Å². The van der Waals surface area contributed by atoms with Crippen LogP contribution in [0.1, 0.15) is 43.7 Å². The van der Waals surface area contributed by atoms with Gasteiger partial charge >= 0.3 is 0 Å². The van der Waals surface area contributed by atoms with E-state index < -0.39 is 0 Å². The van der Waals surface area contributed by atoms with Gasteiger partial charge in [-0.15, -0.1) is 0 Å². The monoisotopic (exact) mass is 307 g/mol. The summed E-state index contributed by atoms with van der Waals surface area (Å²) in [4.78, 5) is 0. The van der Waals surface area contributed by atoms with Crippen LogP contribution in [0.15, 0.2) is 22.7 Å². The number of nitrogens with two attached hydrogens (primary N) is 1. The van der Waals surface area contributed by atoms with Gasteiger partial charge in [0.25, 0.3) is 0 Å². The van der Waals surface area contributed by atoms with Gasteiger partial charge in [-0.25, -0.2) is 0 Å². The van der Waals surface area contributed by atoms with Gasteiger partial charge in [0.05, 0.1) is 0 Å². The predicted molar refractivity (Wildman–Crippen MR) is 74.5 cm³/mol. The molecule has 0 amide bonds. The van der Waals surface area contributed by atoms with E-state index in [1.807, 2.05) is 0 Å². The van der Waals surface area contributed by atoms with Crippen LogP contribution in [-0.4, -0.2) is 5.60 Å². The zero-order valence-corrected chi connectivity index (χ0v) is 11.9. The van der Waals surface area contributed by atoms with Crippen LogP contribution in [0.25, 0.3) is 0 Å². The van der Waals surface area contributed by atoms with Crippen molar-refractivity contribution in [1.29, 1.82) is 0 Å². The minimum atomic E-state index is 0.0517. The van der Waals surface area contributed by atoms with Gasteiger partial charge in [0, 0.05) is 22.5 Å². The van der Waals surface area contributed by atoms with Crippen molar-refractivity contribution in [3.63, 3.8) is 0 Å². The minimum Gasteiger partial charge on any atom is -0.487 e. The molecule has 2 aliphatic carbocycles. The van der Waals surface area contributed by atoms with Gasteiger partial charge in [-0.1, -0.05) is 22.0 Å². The lowest BCUT2D eigenvalue weighted by Crippen LogP contribution is -2.47. The van der Waals surface area contributed by atoms with Crippen LogP contribution >= 0.6 is 15.9 Å². The fourth-order valence-electron chi connectivity index (χ4n) is 4.41. The molecule has 1 aliphatic heterocycles. The van der Waals surface area contributed by atoms with E-state index in [2.05, 4.69) is 34.1 Å². The number of ether oxygens (including phenoxy) is 1. The number of halogens is 1. The quantitative estimate of drug-likeness (QED) is 0.791. The van der Waals surface area contributed by atoms with Crippen molar-refractivity contribution in [2.45, 2.75) is 43.7 Å². The SMILES string of the molecule is NC1CC2(CC3CCC2C3)Oc2cc(Br)ccc21. The van der Waals surface area contributed by atoms with E-state index in [-0.39, 0.29) is 11.6 Å². The van der Waals surface area contributed by atoms with Gasteiger partial charge < -0.3 is 10.5 Å². The Labute approximate surface area is 116 Å². The Morgan fingerprint density at radius 1 is 1.28 bits per heavy atom. The van der Waals surface area contributed by atoms with Crippen molar-refractivity contribution < 1.29 is 4.74 Å². The molecule has 2 nitrogen and oxygen atoms in total. The summed E-state index contributed by atoms with van der Waals surface area (Å²) in [6, 6.07) is 6.38. The first kappa shape index (κ1) is 11.3. The Balaban J connectivity index is 1.75. The van der Waals surface area contributed by atoms with E-state index in [1.54, 1.807) is 0 Å². The van der Waals surface area contributed by atoms with Crippen molar-refractivity contribution in [2.24, 2.45) is 17.6 Å². The van der Waals surface area contributed by atoms with E-state index in [9.17, 15) is 0 Å². The number of fused-ring (bicyclic) bond motifs is 4. The smallest absolute Gasteiger partial charge is 0.126 e.